The lowest BCUT2D eigenvalue weighted by atomic mass is 10.0. The highest BCUT2D eigenvalue weighted by atomic mass is 15.2. The summed E-state index contributed by atoms with van der Waals surface area (Å²) in [6.07, 6.45) is 0. The molecule has 0 amide bonds. The van der Waals surface area contributed by atoms with Crippen LogP contribution in [0.1, 0.15) is 0 Å². The van der Waals surface area contributed by atoms with Gasteiger partial charge in [-0.25, -0.2) is 9.97 Å². The summed E-state index contributed by atoms with van der Waals surface area (Å²) >= 11 is 0. The first kappa shape index (κ1) is 27.5. The summed E-state index contributed by atoms with van der Waals surface area (Å²) < 4.78 is 7.21. The summed E-state index contributed by atoms with van der Waals surface area (Å²) in [7, 11) is 0. The maximum Gasteiger partial charge on any atom is 0.182 e. The van der Waals surface area contributed by atoms with Crippen LogP contribution in [-0.4, -0.2) is 23.5 Å². The third-order valence-electron chi connectivity index (χ3n) is 11.5. The Morgan fingerprint density at radius 1 is 0.321 bits per heavy atom. The number of benzene rings is 8. The Balaban J connectivity index is 1.29. The van der Waals surface area contributed by atoms with Gasteiger partial charge >= 0.3 is 0 Å². The maximum atomic E-state index is 5.59. The summed E-state index contributed by atoms with van der Waals surface area (Å²) in [4.78, 5) is 11.1. The minimum absolute atomic E-state index is 0.798. The number of hydrogen-bond donors (Lipinski definition) is 0. The maximum absolute atomic E-state index is 5.59. The molecular formula is C48H27N5. The van der Waals surface area contributed by atoms with E-state index in [9.17, 15) is 0 Å². The average Bonchev–Trinajstić information content (AvgIpc) is 3.94. The van der Waals surface area contributed by atoms with Crippen LogP contribution in [0, 0.1) is 0 Å². The third kappa shape index (κ3) is 3.37. The van der Waals surface area contributed by atoms with Gasteiger partial charge < -0.3 is 4.40 Å². The van der Waals surface area contributed by atoms with Crippen molar-refractivity contribution in [2.75, 3.05) is 0 Å². The van der Waals surface area contributed by atoms with Crippen LogP contribution in [0.2, 0.25) is 0 Å². The van der Waals surface area contributed by atoms with Crippen LogP contribution in [0.3, 0.4) is 0 Å². The van der Waals surface area contributed by atoms with Crippen molar-refractivity contribution in [1.29, 1.82) is 0 Å². The number of nitrogens with zero attached hydrogens (tertiary/aromatic N) is 5. The van der Waals surface area contributed by atoms with E-state index in [0.717, 1.165) is 44.7 Å². The summed E-state index contributed by atoms with van der Waals surface area (Å²) in [6, 6.07) is 59.0. The molecular weight excluding hydrogens is 647 g/mol. The zero-order valence-corrected chi connectivity index (χ0v) is 28.3. The van der Waals surface area contributed by atoms with Gasteiger partial charge in [0.05, 0.1) is 49.7 Å². The molecule has 0 radical (unpaired) electrons. The second kappa shape index (κ2) is 9.75. The molecule has 0 N–H and O–H groups in total. The first-order valence-electron chi connectivity index (χ1n) is 18.1. The molecule has 0 aliphatic carbocycles. The summed E-state index contributed by atoms with van der Waals surface area (Å²) in [5.41, 5.74) is 9.83. The SMILES string of the molecule is c1ccc2c(c1)ccc1c2c2ccccc2n1-c1nc2ccccc2nc1-n1c2ccccc2c2cc3c4ccccc4n4c5ccccc5c(c21)c34. The Labute approximate surface area is 301 Å². The highest BCUT2D eigenvalue weighted by molar-refractivity contribution is 6.34. The van der Waals surface area contributed by atoms with Crippen molar-refractivity contribution in [1.82, 2.24) is 23.5 Å². The first-order valence-corrected chi connectivity index (χ1v) is 18.1. The molecule has 0 aliphatic heterocycles. The monoisotopic (exact) mass is 673 g/mol. The van der Waals surface area contributed by atoms with Crippen molar-refractivity contribution in [3.63, 3.8) is 0 Å². The molecule has 13 aromatic rings. The van der Waals surface area contributed by atoms with Crippen LogP contribution in [0.25, 0.3) is 115 Å². The summed E-state index contributed by atoms with van der Waals surface area (Å²) in [6.45, 7) is 0. The van der Waals surface area contributed by atoms with Crippen molar-refractivity contribution in [2.24, 2.45) is 0 Å². The van der Waals surface area contributed by atoms with Gasteiger partial charge in [0.1, 0.15) is 0 Å². The van der Waals surface area contributed by atoms with E-state index in [1.54, 1.807) is 0 Å². The van der Waals surface area contributed by atoms with Crippen molar-refractivity contribution >= 4 is 104 Å². The Morgan fingerprint density at radius 3 is 1.53 bits per heavy atom. The fraction of sp³-hybridized carbons (Fsp3) is 0. The van der Waals surface area contributed by atoms with Crippen LogP contribution in [-0.2, 0) is 0 Å². The van der Waals surface area contributed by atoms with E-state index in [4.69, 9.17) is 9.97 Å². The normalized spacial score (nSPS) is 12.5. The predicted molar refractivity (Wildman–Crippen MR) is 220 cm³/mol. The Bertz CT molecular complexity index is 3690. The van der Waals surface area contributed by atoms with Crippen LogP contribution >= 0.6 is 0 Å². The van der Waals surface area contributed by atoms with Crippen molar-refractivity contribution in [2.45, 2.75) is 0 Å². The topological polar surface area (TPSA) is 40.0 Å². The quantitative estimate of drug-likeness (QED) is 0.183. The second-order valence-electron chi connectivity index (χ2n) is 14.2. The van der Waals surface area contributed by atoms with Gasteiger partial charge in [-0.2, -0.15) is 0 Å². The van der Waals surface area contributed by atoms with E-state index in [2.05, 4.69) is 171 Å². The average molecular weight is 674 g/mol. The van der Waals surface area contributed by atoms with Gasteiger partial charge in [-0.15, -0.1) is 0 Å². The molecule has 5 aromatic heterocycles. The van der Waals surface area contributed by atoms with Gasteiger partial charge in [0.15, 0.2) is 11.6 Å². The number of aromatic nitrogens is 5. The summed E-state index contributed by atoms with van der Waals surface area (Å²) in [5.74, 6) is 1.60. The van der Waals surface area contributed by atoms with Gasteiger partial charge in [-0.3, -0.25) is 9.13 Å². The molecule has 0 spiro atoms. The van der Waals surface area contributed by atoms with Crippen LogP contribution < -0.4 is 0 Å². The highest BCUT2D eigenvalue weighted by Gasteiger charge is 2.27. The molecule has 5 nitrogen and oxygen atoms in total. The molecule has 5 heterocycles. The number of para-hydroxylation sites is 6. The smallest absolute Gasteiger partial charge is 0.182 e. The first-order chi connectivity index (χ1) is 26.3. The third-order valence-corrected chi connectivity index (χ3v) is 11.5. The van der Waals surface area contributed by atoms with Gasteiger partial charge in [-0.1, -0.05) is 115 Å². The molecule has 0 saturated carbocycles. The van der Waals surface area contributed by atoms with E-state index in [1.807, 2.05) is 6.07 Å². The fourth-order valence-corrected chi connectivity index (χ4v) is 9.43. The van der Waals surface area contributed by atoms with Gasteiger partial charge in [0, 0.05) is 43.1 Å². The minimum atomic E-state index is 0.798. The second-order valence-corrected chi connectivity index (χ2v) is 14.2. The Morgan fingerprint density at radius 2 is 0.811 bits per heavy atom. The number of rotatable bonds is 2. The summed E-state index contributed by atoms with van der Waals surface area (Å²) in [5, 5.41) is 12.3. The molecule has 5 heteroatoms. The zero-order chi connectivity index (χ0) is 34.4. The van der Waals surface area contributed by atoms with Crippen LogP contribution in [0.15, 0.2) is 164 Å². The zero-order valence-electron chi connectivity index (χ0n) is 28.3. The van der Waals surface area contributed by atoms with Crippen molar-refractivity contribution < 1.29 is 0 Å². The lowest BCUT2D eigenvalue weighted by molar-refractivity contribution is 0.998. The standard InChI is InChI=1S/C48H27N5/c1-2-14-29-28(13-1)25-26-42-43(29)32-17-5-12-24-41(32)52(42)47-48(50-37-20-8-7-19-36(37)49-47)53-39-22-10-4-16-31(39)35-27-34-30-15-3-9-21-38(30)51-40-23-11-6-18-33(40)44(45(34)51)46(35)53/h1-27H. The molecule has 0 atom stereocenters. The molecule has 53 heavy (non-hydrogen) atoms. The molecule has 0 unspecified atom stereocenters. The highest BCUT2D eigenvalue weighted by Crippen LogP contribution is 2.47. The van der Waals surface area contributed by atoms with E-state index < -0.39 is 0 Å². The van der Waals surface area contributed by atoms with E-state index in [1.165, 1.54) is 70.4 Å². The van der Waals surface area contributed by atoms with Crippen molar-refractivity contribution in [3.05, 3.63) is 164 Å². The lowest BCUT2D eigenvalue weighted by Gasteiger charge is -2.16. The Kier molecular flexibility index (Phi) is 5.06. The molecule has 13 rings (SSSR count). The molecule has 0 bridgehead atoms. The minimum Gasteiger partial charge on any atom is -0.308 e. The van der Waals surface area contributed by atoms with E-state index in [-0.39, 0.29) is 0 Å². The van der Waals surface area contributed by atoms with Crippen LogP contribution in [0.5, 0.6) is 0 Å². The molecule has 0 saturated heterocycles. The molecule has 0 aliphatic rings. The molecule has 8 aromatic carbocycles. The van der Waals surface area contributed by atoms with Gasteiger partial charge in [0.2, 0.25) is 0 Å². The van der Waals surface area contributed by atoms with Crippen LogP contribution in [0.4, 0.5) is 0 Å². The largest absolute Gasteiger partial charge is 0.308 e. The van der Waals surface area contributed by atoms with Gasteiger partial charge in [-0.05, 0) is 59.3 Å². The van der Waals surface area contributed by atoms with Crippen molar-refractivity contribution in [3.8, 4) is 11.6 Å². The van der Waals surface area contributed by atoms with E-state index >= 15 is 0 Å². The lowest BCUT2D eigenvalue weighted by Crippen LogP contribution is -2.09. The van der Waals surface area contributed by atoms with Gasteiger partial charge in [0.25, 0.3) is 0 Å². The molecule has 0 fully saturated rings. The Hall–Kier alpha value is -7.24. The fourth-order valence-electron chi connectivity index (χ4n) is 9.43. The van der Waals surface area contributed by atoms with E-state index in [0.29, 0.717) is 0 Å². The number of hydrogen-bond acceptors (Lipinski definition) is 2. The number of fused-ring (bicyclic) bond motifs is 16. The molecule has 244 valence electrons. The predicted octanol–water partition coefficient (Wildman–Crippen LogP) is 12.1.